The van der Waals surface area contributed by atoms with Crippen LogP contribution in [0.2, 0.25) is 0 Å². The van der Waals surface area contributed by atoms with E-state index in [-0.39, 0.29) is 0 Å². The van der Waals surface area contributed by atoms with Gasteiger partial charge < -0.3 is 14.5 Å². The minimum absolute atomic E-state index is 0.613. The summed E-state index contributed by atoms with van der Waals surface area (Å²) < 4.78 is 31.5. The highest BCUT2D eigenvalue weighted by Gasteiger charge is 2.07. The molecule has 0 amide bonds. The van der Waals surface area contributed by atoms with Crippen molar-refractivity contribution in [2.24, 2.45) is 0 Å². The van der Waals surface area contributed by atoms with E-state index in [1.54, 1.807) is 0 Å². The largest absolute Gasteiger partial charge is 0.744 e. The maximum atomic E-state index is 10.5. The normalized spacial score (nSPS) is 11.2. The highest BCUT2D eigenvalue weighted by atomic mass is 32.2. The van der Waals surface area contributed by atoms with E-state index in [0.717, 1.165) is 12.1 Å². The smallest absolute Gasteiger partial charge is 0.125 e. The van der Waals surface area contributed by atoms with Crippen molar-refractivity contribution in [3.05, 3.63) is 29.8 Å². The lowest BCUT2D eigenvalue weighted by Crippen LogP contribution is -2.24. The van der Waals surface area contributed by atoms with Gasteiger partial charge in [-0.05, 0) is 6.07 Å². The minimum atomic E-state index is -4.75. The van der Waals surface area contributed by atoms with Crippen molar-refractivity contribution in [1.82, 2.24) is 0 Å². The molecule has 0 aliphatic rings. The van der Waals surface area contributed by atoms with Crippen molar-refractivity contribution >= 4 is 16.1 Å². The van der Waals surface area contributed by atoms with E-state index in [1.165, 1.54) is 12.1 Å². The average molecular weight is 200 g/mol. The second-order valence-electron chi connectivity index (χ2n) is 2.24. The van der Waals surface area contributed by atoms with Crippen molar-refractivity contribution in [3.8, 4) is 0 Å². The Labute approximate surface area is 74.4 Å². The predicted molar refractivity (Wildman–Crippen MR) is 38.7 cm³/mol. The topological polar surface area (TPSA) is 97.3 Å². The molecule has 0 saturated carbocycles. The van der Waals surface area contributed by atoms with E-state index >= 15 is 0 Å². The van der Waals surface area contributed by atoms with Gasteiger partial charge in [0, 0.05) is 5.56 Å². The molecule has 0 atom stereocenters. The van der Waals surface area contributed by atoms with Crippen LogP contribution >= 0.6 is 0 Å². The first kappa shape index (κ1) is 9.69. The molecule has 13 heavy (non-hydrogen) atoms. The van der Waals surface area contributed by atoms with E-state index in [4.69, 9.17) is 0 Å². The van der Waals surface area contributed by atoms with Gasteiger partial charge in [-0.3, -0.25) is 0 Å². The summed E-state index contributed by atoms with van der Waals surface area (Å²) in [7, 11) is -4.75. The summed E-state index contributed by atoms with van der Waals surface area (Å²) in [6, 6.07) is 4.49. The van der Waals surface area contributed by atoms with Crippen LogP contribution in [0.5, 0.6) is 0 Å². The first-order chi connectivity index (χ1) is 5.93. The second kappa shape index (κ2) is 3.15. The molecule has 5 nitrogen and oxygen atoms in total. The van der Waals surface area contributed by atoms with Crippen LogP contribution in [-0.4, -0.2) is 18.9 Å². The predicted octanol–water partition coefficient (Wildman–Crippen LogP) is -1.05. The molecule has 0 heterocycles. The van der Waals surface area contributed by atoms with Crippen LogP contribution in [0.1, 0.15) is 10.4 Å². The first-order valence-electron chi connectivity index (χ1n) is 3.19. The fourth-order valence-electron chi connectivity index (χ4n) is 0.853. The van der Waals surface area contributed by atoms with E-state index < -0.39 is 26.5 Å². The number of carbonyl (C=O) groups excluding carboxylic acids is 1. The van der Waals surface area contributed by atoms with Crippen molar-refractivity contribution < 1.29 is 22.9 Å². The van der Waals surface area contributed by atoms with Crippen molar-refractivity contribution in [1.29, 1.82) is 0 Å². The summed E-state index contributed by atoms with van der Waals surface area (Å²) in [6.45, 7) is 0. The number of aromatic carboxylic acids is 1. The molecule has 6 heteroatoms. The Hall–Kier alpha value is -1.40. The lowest BCUT2D eigenvalue weighted by Gasteiger charge is -2.12. The van der Waals surface area contributed by atoms with Crippen LogP contribution in [-0.2, 0) is 10.1 Å². The number of benzene rings is 1. The van der Waals surface area contributed by atoms with Crippen LogP contribution in [0, 0.1) is 0 Å². The maximum absolute atomic E-state index is 10.5. The zero-order valence-electron chi connectivity index (χ0n) is 6.26. The molecule has 0 spiro atoms. The molecule has 1 aromatic carbocycles. The van der Waals surface area contributed by atoms with E-state index in [1.807, 2.05) is 0 Å². The molecule has 0 fully saturated rings. The molecule has 0 bridgehead atoms. The molecule has 0 radical (unpaired) electrons. The Morgan fingerprint density at radius 2 is 1.77 bits per heavy atom. The van der Waals surface area contributed by atoms with Gasteiger partial charge >= 0.3 is 0 Å². The third kappa shape index (κ3) is 2.04. The van der Waals surface area contributed by atoms with Crippen LogP contribution in [0.25, 0.3) is 0 Å². The van der Waals surface area contributed by atoms with E-state index in [2.05, 4.69) is 0 Å². The summed E-state index contributed by atoms with van der Waals surface area (Å²) in [5.74, 6) is -1.69. The van der Waals surface area contributed by atoms with Crippen LogP contribution in [0.15, 0.2) is 29.2 Å². The number of carboxylic acids is 1. The summed E-state index contributed by atoms with van der Waals surface area (Å²) in [5, 5.41) is 10.4. The van der Waals surface area contributed by atoms with Gasteiger partial charge in [-0.25, -0.2) is 8.42 Å². The molecule has 1 rings (SSSR count). The maximum Gasteiger partial charge on any atom is 0.125 e. The first-order valence-corrected chi connectivity index (χ1v) is 4.60. The molecule has 0 aliphatic carbocycles. The zero-order valence-corrected chi connectivity index (χ0v) is 7.08. The third-order valence-electron chi connectivity index (χ3n) is 1.38. The van der Waals surface area contributed by atoms with Gasteiger partial charge in [0.05, 0.1) is 10.9 Å². The standard InChI is InChI=1S/C7H6O5S/c8-7(9)5-3-1-2-4-6(5)13(10,11)12/h1-4H,(H,8,9)(H,10,11,12)/p-2. The fraction of sp³-hybridized carbons (Fsp3) is 0. The van der Waals surface area contributed by atoms with Crippen molar-refractivity contribution in [3.63, 3.8) is 0 Å². The van der Waals surface area contributed by atoms with Crippen LogP contribution in [0.4, 0.5) is 0 Å². The Balaban J connectivity index is 3.46. The molecule has 70 valence electrons. The Bertz CT molecular complexity index is 434. The number of carbonyl (C=O) groups is 1. The molecule has 0 saturated heterocycles. The quantitative estimate of drug-likeness (QED) is 0.567. The van der Waals surface area contributed by atoms with Gasteiger partial charge in [-0.2, -0.15) is 0 Å². The fourth-order valence-corrected chi connectivity index (χ4v) is 1.52. The number of hydrogen-bond donors (Lipinski definition) is 0. The van der Waals surface area contributed by atoms with Gasteiger partial charge in [0.2, 0.25) is 0 Å². The van der Waals surface area contributed by atoms with E-state index in [0.29, 0.717) is 0 Å². The SMILES string of the molecule is O=C([O-])c1ccccc1S(=O)(=O)[O-]. The van der Waals surface area contributed by atoms with Crippen LogP contribution < -0.4 is 5.11 Å². The van der Waals surface area contributed by atoms with Crippen molar-refractivity contribution in [2.75, 3.05) is 0 Å². The molecular formula is C7H4O5S-2. The summed E-state index contributed by atoms with van der Waals surface area (Å²) in [5.41, 5.74) is -0.613. The summed E-state index contributed by atoms with van der Waals surface area (Å²) in [6.07, 6.45) is 0. The average Bonchev–Trinajstić information content (AvgIpc) is 2.03. The minimum Gasteiger partial charge on any atom is -0.744 e. The number of carboxylic acid groups (broad SMARTS) is 1. The van der Waals surface area contributed by atoms with Gasteiger partial charge in [-0.1, -0.05) is 18.2 Å². The van der Waals surface area contributed by atoms with E-state index in [9.17, 15) is 22.9 Å². The molecule has 0 aromatic heterocycles. The monoisotopic (exact) mass is 200 g/mol. The highest BCUT2D eigenvalue weighted by Crippen LogP contribution is 2.13. The number of rotatable bonds is 2. The lowest BCUT2D eigenvalue weighted by atomic mass is 10.2. The third-order valence-corrected chi connectivity index (χ3v) is 2.27. The molecule has 0 unspecified atom stereocenters. The van der Waals surface area contributed by atoms with Gasteiger partial charge in [0.25, 0.3) is 0 Å². The van der Waals surface area contributed by atoms with Crippen LogP contribution in [0.3, 0.4) is 0 Å². The Morgan fingerprint density at radius 1 is 1.23 bits per heavy atom. The molecule has 0 N–H and O–H groups in total. The molecular weight excluding hydrogens is 196 g/mol. The molecule has 0 aliphatic heterocycles. The lowest BCUT2D eigenvalue weighted by molar-refractivity contribution is -0.255. The van der Waals surface area contributed by atoms with Gasteiger partial charge in [0.15, 0.2) is 0 Å². The second-order valence-corrected chi connectivity index (χ2v) is 3.59. The highest BCUT2D eigenvalue weighted by molar-refractivity contribution is 7.85. The number of hydrogen-bond acceptors (Lipinski definition) is 5. The van der Waals surface area contributed by atoms with Gasteiger partial charge in [0.1, 0.15) is 10.1 Å². The van der Waals surface area contributed by atoms with Crippen molar-refractivity contribution in [2.45, 2.75) is 4.90 Å². The zero-order chi connectivity index (χ0) is 10.1. The summed E-state index contributed by atoms with van der Waals surface area (Å²) in [4.78, 5) is 9.59. The van der Waals surface area contributed by atoms with Gasteiger partial charge in [-0.15, -0.1) is 0 Å². The summed E-state index contributed by atoms with van der Waals surface area (Å²) >= 11 is 0. The Kier molecular flexibility index (Phi) is 2.35. The Morgan fingerprint density at radius 3 is 2.15 bits per heavy atom. The molecule has 1 aromatic rings.